The molecule has 2 aromatic heterocycles. The standard InChI is InChI=1S/C28H29BrN4O4/c1-16(2)26-31-25-12-7-21(29)14-24(25)27(34)33(26)30-15-20-13-17(3)32(18(20)4)22-8-10-23(11-9-22)37-19(5)28(35)36-6/h7-16,19H,1-6H3/t19-/m0/s1. The van der Waals surface area contributed by atoms with Crippen molar-refractivity contribution < 1.29 is 14.3 Å². The monoisotopic (exact) mass is 564 g/mol. The van der Waals surface area contributed by atoms with Crippen molar-refractivity contribution in [1.29, 1.82) is 0 Å². The molecule has 0 unspecified atom stereocenters. The number of esters is 1. The van der Waals surface area contributed by atoms with E-state index < -0.39 is 12.1 Å². The van der Waals surface area contributed by atoms with E-state index >= 15 is 0 Å². The number of halogens is 1. The molecule has 4 rings (SSSR count). The van der Waals surface area contributed by atoms with E-state index in [4.69, 9.17) is 14.5 Å². The number of aromatic nitrogens is 3. The molecule has 0 saturated heterocycles. The number of rotatable bonds is 7. The molecule has 8 nitrogen and oxygen atoms in total. The third-order valence-electron chi connectivity index (χ3n) is 6.07. The number of nitrogens with zero attached hydrogens (tertiary/aromatic N) is 4. The Morgan fingerprint density at radius 1 is 1.08 bits per heavy atom. The van der Waals surface area contributed by atoms with E-state index in [-0.39, 0.29) is 11.5 Å². The fourth-order valence-corrected chi connectivity index (χ4v) is 4.54. The smallest absolute Gasteiger partial charge is 0.346 e. The Morgan fingerprint density at radius 2 is 1.78 bits per heavy atom. The summed E-state index contributed by atoms with van der Waals surface area (Å²) in [5, 5.41) is 5.09. The highest BCUT2D eigenvalue weighted by Gasteiger charge is 2.16. The first-order valence-electron chi connectivity index (χ1n) is 11.9. The van der Waals surface area contributed by atoms with Gasteiger partial charge in [0.1, 0.15) is 11.6 Å². The van der Waals surface area contributed by atoms with Gasteiger partial charge in [0.2, 0.25) is 0 Å². The topological polar surface area (TPSA) is 87.7 Å². The minimum atomic E-state index is -0.696. The van der Waals surface area contributed by atoms with E-state index in [2.05, 4.69) is 25.6 Å². The van der Waals surface area contributed by atoms with Gasteiger partial charge in [0.05, 0.1) is 24.2 Å². The second kappa shape index (κ2) is 10.7. The molecule has 0 aliphatic rings. The predicted molar refractivity (Wildman–Crippen MR) is 148 cm³/mol. The number of hydrogen-bond acceptors (Lipinski definition) is 6. The molecule has 0 spiro atoms. The molecule has 0 radical (unpaired) electrons. The van der Waals surface area contributed by atoms with Crippen LogP contribution in [0.1, 0.15) is 49.5 Å². The van der Waals surface area contributed by atoms with Crippen molar-refractivity contribution in [3.05, 3.63) is 86.1 Å². The van der Waals surface area contributed by atoms with Crippen LogP contribution in [-0.4, -0.2) is 39.6 Å². The first-order valence-corrected chi connectivity index (χ1v) is 12.7. The number of carbonyl (C=O) groups excluding carboxylic acids is 1. The van der Waals surface area contributed by atoms with Gasteiger partial charge in [-0.1, -0.05) is 29.8 Å². The van der Waals surface area contributed by atoms with Crippen LogP contribution in [0.15, 0.2) is 62.9 Å². The van der Waals surface area contributed by atoms with E-state index in [9.17, 15) is 9.59 Å². The van der Waals surface area contributed by atoms with Crippen molar-refractivity contribution in [1.82, 2.24) is 14.2 Å². The van der Waals surface area contributed by atoms with Gasteiger partial charge in [0.25, 0.3) is 5.56 Å². The molecule has 0 bridgehead atoms. The van der Waals surface area contributed by atoms with E-state index in [1.165, 1.54) is 11.8 Å². The lowest BCUT2D eigenvalue weighted by Gasteiger charge is -2.14. The number of hydrogen-bond donors (Lipinski definition) is 0. The molecule has 2 aromatic carbocycles. The maximum Gasteiger partial charge on any atom is 0.346 e. The van der Waals surface area contributed by atoms with Gasteiger partial charge in [-0.25, -0.2) is 9.78 Å². The molecule has 4 aromatic rings. The SMILES string of the molecule is COC(=O)[C@H](C)Oc1ccc(-n2c(C)cc(C=Nn3c(C(C)C)nc4ccc(Br)cc4c3=O)c2C)cc1. The van der Waals surface area contributed by atoms with Crippen LogP contribution in [0.4, 0.5) is 0 Å². The lowest BCUT2D eigenvalue weighted by Crippen LogP contribution is -2.24. The van der Waals surface area contributed by atoms with Gasteiger partial charge in [-0.2, -0.15) is 9.78 Å². The van der Waals surface area contributed by atoms with E-state index in [0.29, 0.717) is 22.5 Å². The Hall–Kier alpha value is -3.72. The molecule has 2 heterocycles. The second-order valence-corrected chi connectivity index (χ2v) is 10.0. The first-order chi connectivity index (χ1) is 17.6. The summed E-state index contributed by atoms with van der Waals surface area (Å²) in [6, 6.07) is 15.0. The van der Waals surface area contributed by atoms with Crippen LogP contribution in [0, 0.1) is 13.8 Å². The molecule has 192 valence electrons. The zero-order chi connectivity index (χ0) is 26.9. The largest absolute Gasteiger partial charge is 0.479 e. The van der Waals surface area contributed by atoms with Gasteiger partial charge in [-0.3, -0.25) is 4.79 Å². The molecule has 0 aliphatic heterocycles. The van der Waals surface area contributed by atoms with Crippen molar-refractivity contribution >= 4 is 39.0 Å². The molecular formula is C28H29BrN4O4. The van der Waals surface area contributed by atoms with Crippen molar-refractivity contribution in [2.75, 3.05) is 7.11 Å². The molecule has 0 fully saturated rings. The number of methoxy groups -OCH3 is 1. The number of aryl methyl sites for hydroxylation is 1. The Labute approximate surface area is 223 Å². The average molecular weight is 565 g/mol. The van der Waals surface area contributed by atoms with E-state index in [0.717, 1.165) is 27.1 Å². The van der Waals surface area contributed by atoms with Crippen LogP contribution >= 0.6 is 15.9 Å². The maximum absolute atomic E-state index is 13.3. The summed E-state index contributed by atoms with van der Waals surface area (Å²) in [4.78, 5) is 29.7. The Balaban J connectivity index is 1.68. The zero-order valence-electron chi connectivity index (χ0n) is 21.7. The summed E-state index contributed by atoms with van der Waals surface area (Å²) in [6.07, 6.45) is 1.01. The number of carbonyl (C=O) groups is 1. The minimum Gasteiger partial charge on any atom is -0.479 e. The Bertz CT molecular complexity index is 1550. The van der Waals surface area contributed by atoms with Gasteiger partial charge in [0, 0.05) is 33.0 Å². The quantitative estimate of drug-likeness (QED) is 0.218. The van der Waals surface area contributed by atoms with Crippen molar-refractivity contribution in [2.45, 2.75) is 46.6 Å². The highest BCUT2D eigenvalue weighted by atomic mass is 79.9. The van der Waals surface area contributed by atoms with Crippen LogP contribution in [0.3, 0.4) is 0 Å². The highest BCUT2D eigenvalue weighted by molar-refractivity contribution is 9.10. The Kier molecular flexibility index (Phi) is 7.63. The summed E-state index contributed by atoms with van der Waals surface area (Å²) >= 11 is 3.44. The van der Waals surface area contributed by atoms with Gasteiger partial charge in [-0.15, -0.1) is 0 Å². The second-order valence-electron chi connectivity index (χ2n) is 9.09. The number of fused-ring (bicyclic) bond motifs is 1. The maximum atomic E-state index is 13.3. The van der Waals surface area contributed by atoms with Crippen molar-refractivity contribution in [3.63, 3.8) is 0 Å². The van der Waals surface area contributed by atoms with Crippen LogP contribution in [0.2, 0.25) is 0 Å². The van der Waals surface area contributed by atoms with Crippen LogP contribution in [0.25, 0.3) is 16.6 Å². The Morgan fingerprint density at radius 3 is 2.43 bits per heavy atom. The molecule has 0 amide bonds. The molecule has 37 heavy (non-hydrogen) atoms. The average Bonchev–Trinajstić information content (AvgIpc) is 3.16. The van der Waals surface area contributed by atoms with Gasteiger partial charge >= 0.3 is 5.97 Å². The molecule has 0 aliphatic carbocycles. The zero-order valence-corrected chi connectivity index (χ0v) is 23.2. The third-order valence-corrected chi connectivity index (χ3v) is 6.57. The highest BCUT2D eigenvalue weighted by Crippen LogP contribution is 2.23. The molecule has 0 saturated carbocycles. The molecule has 1 atom stereocenters. The lowest BCUT2D eigenvalue weighted by molar-refractivity contribution is -0.147. The molecule has 9 heteroatoms. The van der Waals surface area contributed by atoms with Gasteiger partial charge in [-0.05, 0) is 69.3 Å². The summed E-state index contributed by atoms with van der Waals surface area (Å²) in [5.74, 6) is 0.746. The number of benzene rings is 2. The van der Waals surface area contributed by atoms with E-state index in [1.54, 1.807) is 19.2 Å². The lowest BCUT2D eigenvalue weighted by atomic mass is 10.2. The van der Waals surface area contributed by atoms with Crippen molar-refractivity contribution in [2.24, 2.45) is 5.10 Å². The third kappa shape index (κ3) is 5.36. The summed E-state index contributed by atoms with van der Waals surface area (Å²) in [5.41, 5.74) is 4.23. The summed E-state index contributed by atoms with van der Waals surface area (Å²) in [6.45, 7) is 9.63. The number of ether oxygens (including phenoxy) is 2. The van der Waals surface area contributed by atoms with Crippen LogP contribution in [-0.2, 0) is 9.53 Å². The molecule has 0 N–H and O–H groups in total. The molecular weight excluding hydrogens is 536 g/mol. The normalized spacial score (nSPS) is 12.4. The predicted octanol–water partition coefficient (Wildman–Crippen LogP) is 5.51. The van der Waals surface area contributed by atoms with Gasteiger partial charge in [0.15, 0.2) is 6.10 Å². The van der Waals surface area contributed by atoms with Crippen LogP contribution in [0.5, 0.6) is 5.75 Å². The summed E-state index contributed by atoms with van der Waals surface area (Å²) < 4.78 is 14.7. The minimum absolute atomic E-state index is 0.00737. The fraction of sp³-hybridized carbons (Fsp3) is 0.286. The van der Waals surface area contributed by atoms with Gasteiger partial charge < -0.3 is 14.0 Å². The summed E-state index contributed by atoms with van der Waals surface area (Å²) in [7, 11) is 1.33. The van der Waals surface area contributed by atoms with Crippen LogP contribution < -0.4 is 10.3 Å². The fourth-order valence-electron chi connectivity index (χ4n) is 4.18. The first kappa shape index (κ1) is 26.3. The van der Waals surface area contributed by atoms with E-state index in [1.807, 2.05) is 70.2 Å². The van der Waals surface area contributed by atoms with Crippen molar-refractivity contribution in [3.8, 4) is 11.4 Å².